The fourth-order valence-corrected chi connectivity index (χ4v) is 7.40. The van der Waals surface area contributed by atoms with Gasteiger partial charge >= 0.3 is 0 Å². The van der Waals surface area contributed by atoms with Gasteiger partial charge < -0.3 is 9.13 Å². The fraction of sp³-hybridized carbons (Fsp3) is 0. The van der Waals surface area contributed by atoms with Gasteiger partial charge in [0.1, 0.15) is 6.07 Å². The van der Waals surface area contributed by atoms with Gasteiger partial charge in [-0.05, 0) is 89.5 Å². The van der Waals surface area contributed by atoms with E-state index < -0.39 is 0 Å². The van der Waals surface area contributed by atoms with E-state index in [1.165, 1.54) is 0 Å². The molecule has 230 valence electrons. The maximum atomic E-state index is 9.95. The highest BCUT2D eigenvalue weighted by Gasteiger charge is 2.19. The molecule has 5 nitrogen and oxygen atoms in total. The van der Waals surface area contributed by atoms with E-state index in [0.717, 1.165) is 77.2 Å². The summed E-state index contributed by atoms with van der Waals surface area (Å²) in [5, 5.41) is 33.7. The number of para-hydroxylation sites is 3. The van der Waals surface area contributed by atoms with Crippen molar-refractivity contribution < 1.29 is 0 Å². The lowest BCUT2D eigenvalue weighted by Gasteiger charge is -2.13. The Morgan fingerprint density at radius 2 is 1.06 bits per heavy atom. The maximum absolute atomic E-state index is 9.95. The molecule has 50 heavy (non-hydrogen) atoms. The van der Waals surface area contributed by atoms with Gasteiger partial charge in [-0.25, -0.2) is 0 Å². The van der Waals surface area contributed by atoms with Crippen LogP contribution in [-0.2, 0) is 0 Å². The number of hydrogen-bond donors (Lipinski definition) is 0. The molecule has 0 atom stereocenters. The van der Waals surface area contributed by atoms with Gasteiger partial charge in [0.2, 0.25) is 0 Å². The van der Waals surface area contributed by atoms with Crippen molar-refractivity contribution in [2.75, 3.05) is 0 Å². The zero-order chi connectivity index (χ0) is 33.8. The van der Waals surface area contributed by atoms with Crippen LogP contribution in [0.5, 0.6) is 0 Å². The summed E-state index contributed by atoms with van der Waals surface area (Å²) in [7, 11) is 0. The number of nitriles is 3. The van der Waals surface area contributed by atoms with Crippen molar-refractivity contribution in [1.29, 1.82) is 15.8 Å². The molecule has 0 aliphatic carbocycles. The number of fused-ring (bicyclic) bond motifs is 6. The standard InChI is InChI=1S/C45H25N5/c46-26-29-8-5-12-35(22-29)49-42-17-4-2-13-37(42)38-15-7-14-36(45(38)49)33-11-6-10-31(24-33)32-19-21-44-40(25-32)39-23-30(27-47)18-20-43(39)50(44)41-16-3-1-9-34(41)28-48/h1-25H. The van der Waals surface area contributed by atoms with Crippen LogP contribution in [0.3, 0.4) is 0 Å². The van der Waals surface area contributed by atoms with Crippen LogP contribution in [0.4, 0.5) is 0 Å². The Morgan fingerprint density at radius 1 is 0.400 bits per heavy atom. The van der Waals surface area contributed by atoms with Crippen LogP contribution < -0.4 is 0 Å². The highest BCUT2D eigenvalue weighted by molar-refractivity contribution is 6.14. The lowest BCUT2D eigenvalue weighted by atomic mass is 9.96. The lowest BCUT2D eigenvalue weighted by molar-refractivity contribution is 1.17. The number of aromatic nitrogens is 2. The van der Waals surface area contributed by atoms with Crippen LogP contribution in [0.1, 0.15) is 16.7 Å². The first kappa shape index (κ1) is 28.8. The first-order valence-electron chi connectivity index (χ1n) is 16.3. The molecule has 2 heterocycles. The molecule has 9 rings (SSSR count). The number of rotatable bonds is 4. The summed E-state index contributed by atoms with van der Waals surface area (Å²) in [5.41, 5.74) is 11.9. The summed E-state index contributed by atoms with van der Waals surface area (Å²) in [5.74, 6) is 0. The molecule has 0 aliphatic rings. The van der Waals surface area contributed by atoms with Crippen molar-refractivity contribution in [1.82, 2.24) is 9.13 Å². The Balaban J connectivity index is 1.26. The summed E-state index contributed by atoms with van der Waals surface area (Å²) in [6.07, 6.45) is 0. The van der Waals surface area contributed by atoms with Crippen LogP contribution >= 0.6 is 0 Å². The van der Waals surface area contributed by atoms with Gasteiger partial charge in [-0.15, -0.1) is 0 Å². The molecule has 0 radical (unpaired) electrons. The Labute approximate surface area is 287 Å². The minimum absolute atomic E-state index is 0.582. The van der Waals surface area contributed by atoms with Crippen molar-refractivity contribution >= 4 is 43.6 Å². The molecule has 0 N–H and O–H groups in total. The minimum atomic E-state index is 0.582. The molecule has 5 heteroatoms. The highest BCUT2D eigenvalue weighted by Crippen LogP contribution is 2.40. The van der Waals surface area contributed by atoms with Crippen molar-refractivity contribution in [2.45, 2.75) is 0 Å². The van der Waals surface area contributed by atoms with E-state index in [4.69, 9.17) is 0 Å². The molecule has 0 saturated carbocycles. The zero-order valence-corrected chi connectivity index (χ0v) is 26.7. The third-order valence-corrected chi connectivity index (χ3v) is 9.59. The lowest BCUT2D eigenvalue weighted by Crippen LogP contribution is -1.97. The molecule has 7 aromatic carbocycles. The van der Waals surface area contributed by atoms with Gasteiger partial charge in [0, 0.05) is 32.8 Å². The Kier molecular flexibility index (Phi) is 6.56. The van der Waals surface area contributed by atoms with Crippen LogP contribution in [0, 0.1) is 34.0 Å². The SMILES string of the molecule is N#Cc1cccc(-n2c3ccccc3c3cccc(-c4cccc(-c5ccc6c(c5)c5cc(C#N)ccc5n6-c5ccccc5C#N)c4)c32)c1. The number of benzene rings is 7. The van der Waals surface area contributed by atoms with Gasteiger partial charge in [-0.2, -0.15) is 15.8 Å². The maximum Gasteiger partial charge on any atom is 0.101 e. The smallest absolute Gasteiger partial charge is 0.101 e. The van der Waals surface area contributed by atoms with E-state index in [-0.39, 0.29) is 0 Å². The number of nitrogens with zero attached hydrogens (tertiary/aromatic N) is 5. The van der Waals surface area contributed by atoms with Gasteiger partial charge in [0.05, 0.1) is 56.6 Å². The van der Waals surface area contributed by atoms with E-state index in [1.807, 2.05) is 60.7 Å². The van der Waals surface area contributed by atoms with Crippen LogP contribution in [0.15, 0.2) is 152 Å². The van der Waals surface area contributed by atoms with Gasteiger partial charge in [-0.1, -0.05) is 78.9 Å². The van der Waals surface area contributed by atoms with E-state index >= 15 is 0 Å². The van der Waals surface area contributed by atoms with Crippen molar-refractivity contribution in [3.8, 4) is 51.8 Å². The summed E-state index contributed by atoms with van der Waals surface area (Å²) < 4.78 is 4.38. The van der Waals surface area contributed by atoms with Gasteiger partial charge in [0.25, 0.3) is 0 Å². The summed E-state index contributed by atoms with van der Waals surface area (Å²) >= 11 is 0. The molecule has 0 spiro atoms. The normalized spacial score (nSPS) is 11.1. The van der Waals surface area contributed by atoms with E-state index in [1.54, 1.807) is 0 Å². The topological polar surface area (TPSA) is 81.2 Å². The van der Waals surface area contributed by atoms with E-state index in [0.29, 0.717) is 16.7 Å². The van der Waals surface area contributed by atoms with E-state index in [2.05, 4.69) is 118 Å². The molecule has 2 aromatic heterocycles. The quantitative estimate of drug-likeness (QED) is 0.193. The molecule has 0 amide bonds. The summed E-state index contributed by atoms with van der Waals surface area (Å²) in [4.78, 5) is 0. The summed E-state index contributed by atoms with van der Waals surface area (Å²) in [6.45, 7) is 0. The average Bonchev–Trinajstić information content (AvgIpc) is 3.70. The molecule has 9 aromatic rings. The second kappa shape index (κ2) is 11.4. The monoisotopic (exact) mass is 635 g/mol. The molecular formula is C45H25N5. The molecule has 0 fully saturated rings. The third kappa shape index (κ3) is 4.38. The predicted octanol–water partition coefficient (Wildman–Crippen LogP) is 10.8. The Hall–Kier alpha value is -7.39. The largest absolute Gasteiger partial charge is 0.309 e. The Morgan fingerprint density at radius 3 is 1.92 bits per heavy atom. The third-order valence-electron chi connectivity index (χ3n) is 9.59. The molecule has 0 bridgehead atoms. The van der Waals surface area contributed by atoms with Gasteiger partial charge in [-0.3, -0.25) is 0 Å². The van der Waals surface area contributed by atoms with Crippen LogP contribution in [0.25, 0.3) is 77.2 Å². The second-order valence-electron chi connectivity index (χ2n) is 12.3. The fourth-order valence-electron chi connectivity index (χ4n) is 7.40. The highest BCUT2D eigenvalue weighted by atomic mass is 15.0. The minimum Gasteiger partial charge on any atom is -0.309 e. The predicted molar refractivity (Wildman–Crippen MR) is 200 cm³/mol. The molecular weight excluding hydrogens is 611 g/mol. The molecule has 0 aliphatic heterocycles. The van der Waals surface area contributed by atoms with Crippen molar-refractivity contribution in [2.24, 2.45) is 0 Å². The Bertz CT molecular complexity index is 2970. The number of hydrogen-bond acceptors (Lipinski definition) is 3. The first-order chi connectivity index (χ1) is 24.7. The molecule has 0 saturated heterocycles. The first-order valence-corrected chi connectivity index (χ1v) is 16.3. The van der Waals surface area contributed by atoms with Crippen molar-refractivity contribution in [3.05, 3.63) is 168 Å². The average molecular weight is 636 g/mol. The van der Waals surface area contributed by atoms with E-state index in [9.17, 15) is 15.8 Å². The van der Waals surface area contributed by atoms with Crippen LogP contribution in [0.2, 0.25) is 0 Å². The second-order valence-corrected chi connectivity index (χ2v) is 12.3. The van der Waals surface area contributed by atoms with Crippen LogP contribution in [-0.4, -0.2) is 9.13 Å². The molecule has 0 unspecified atom stereocenters. The summed E-state index contributed by atoms with van der Waals surface area (Å²) in [6, 6.07) is 57.9. The van der Waals surface area contributed by atoms with Gasteiger partial charge in [0.15, 0.2) is 0 Å². The van der Waals surface area contributed by atoms with Crippen molar-refractivity contribution in [3.63, 3.8) is 0 Å². The zero-order valence-electron chi connectivity index (χ0n) is 26.7.